The van der Waals surface area contributed by atoms with Gasteiger partial charge in [-0.3, -0.25) is 10.00 Å². The number of hydrogen-bond donors (Lipinski definition) is 2. The second-order valence-electron chi connectivity index (χ2n) is 4.74. The molecule has 0 radical (unpaired) electrons. The Hall–Kier alpha value is -2.51. The molecule has 5 nitrogen and oxygen atoms in total. The van der Waals surface area contributed by atoms with Gasteiger partial charge in [-0.1, -0.05) is 0 Å². The molecule has 0 atom stereocenters. The van der Waals surface area contributed by atoms with Crippen molar-refractivity contribution in [1.82, 2.24) is 10.2 Å². The minimum absolute atomic E-state index is 0.0416. The molecule has 1 aromatic heterocycles. The van der Waals surface area contributed by atoms with Crippen LogP contribution in [0.25, 0.3) is 11.3 Å². The van der Waals surface area contributed by atoms with Crippen LogP contribution in [0.2, 0.25) is 0 Å². The number of nitrogens with one attached hydrogen (secondary N) is 1. The third kappa shape index (κ3) is 2.12. The van der Waals surface area contributed by atoms with Gasteiger partial charge in [0.15, 0.2) is 11.6 Å². The number of aromatic amines is 1. The van der Waals surface area contributed by atoms with Crippen molar-refractivity contribution in [3.8, 4) is 11.3 Å². The third-order valence-corrected chi connectivity index (χ3v) is 3.42. The van der Waals surface area contributed by atoms with E-state index in [0.29, 0.717) is 36.8 Å². The summed E-state index contributed by atoms with van der Waals surface area (Å²) in [6.45, 7) is 0.361. The molecule has 2 amide bonds. The number of nitrogens with two attached hydrogens (primary N) is 1. The van der Waals surface area contributed by atoms with Crippen molar-refractivity contribution in [1.29, 1.82) is 0 Å². The lowest BCUT2D eigenvalue weighted by Gasteiger charge is -2.25. The van der Waals surface area contributed by atoms with Gasteiger partial charge in [-0.25, -0.2) is 18.0 Å². The van der Waals surface area contributed by atoms with E-state index in [0.717, 1.165) is 6.07 Å². The minimum Gasteiger partial charge on any atom is -0.351 e. The predicted octanol–water partition coefficient (Wildman–Crippen LogP) is 2.33. The summed E-state index contributed by atoms with van der Waals surface area (Å²) in [5, 5.41) is 6.62. The van der Waals surface area contributed by atoms with Gasteiger partial charge in [0, 0.05) is 18.2 Å². The van der Waals surface area contributed by atoms with Crippen molar-refractivity contribution < 1.29 is 18.0 Å². The number of anilines is 1. The van der Waals surface area contributed by atoms with Crippen LogP contribution in [0.1, 0.15) is 12.1 Å². The maximum Gasteiger partial charge on any atom is 0.319 e. The van der Waals surface area contributed by atoms with Crippen LogP contribution < -0.4 is 10.6 Å². The van der Waals surface area contributed by atoms with E-state index in [9.17, 15) is 18.0 Å². The second-order valence-corrected chi connectivity index (χ2v) is 4.74. The lowest BCUT2D eigenvalue weighted by atomic mass is 10.0. The molecular formula is C13H11F3N4O. The molecule has 0 saturated heterocycles. The Morgan fingerprint density at radius 2 is 1.95 bits per heavy atom. The smallest absolute Gasteiger partial charge is 0.319 e. The highest BCUT2D eigenvalue weighted by Crippen LogP contribution is 2.37. The number of halogens is 3. The first kappa shape index (κ1) is 13.5. The van der Waals surface area contributed by atoms with Crippen LogP contribution >= 0.6 is 0 Å². The van der Waals surface area contributed by atoms with Crippen LogP contribution in [0.15, 0.2) is 12.1 Å². The molecule has 1 aliphatic rings. The number of urea groups is 1. The van der Waals surface area contributed by atoms with E-state index in [1.165, 1.54) is 4.90 Å². The van der Waals surface area contributed by atoms with Gasteiger partial charge >= 0.3 is 6.03 Å². The number of nitrogens with zero attached hydrogens (tertiary/aromatic N) is 2. The van der Waals surface area contributed by atoms with Crippen LogP contribution in [-0.4, -0.2) is 22.8 Å². The van der Waals surface area contributed by atoms with Crippen LogP contribution in [-0.2, 0) is 6.42 Å². The number of primary amides is 1. The molecule has 2 heterocycles. The first-order valence-electron chi connectivity index (χ1n) is 6.28. The molecule has 0 unspecified atom stereocenters. The second kappa shape index (κ2) is 4.80. The number of amides is 2. The lowest BCUT2D eigenvalue weighted by Crippen LogP contribution is -2.39. The van der Waals surface area contributed by atoms with E-state index >= 15 is 0 Å². The molecule has 0 spiro atoms. The highest BCUT2D eigenvalue weighted by Gasteiger charge is 2.29. The first-order valence-corrected chi connectivity index (χ1v) is 6.28. The van der Waals surface area contributed by atoms with E-state index < -0.39 is 23.5 Å². The van der Waals surface area contributed by atoms with Crippen molar-refractivity contribution in [2.75, 3.05) is 11.4 Å². The average molecular weight is 296 g/mol. The summed E-state index contributed by atoms with van der Waals surface area (Å²) in [5.41, 5.74) is 6.05. The number of aromatic nitrogens is 2. The summed E-state index contributed by atoms with van der Waals surface area (Å²) >= 11 is 0. The van der Waals surface area contributed by atoms with Crippen LogP contribution in [0.4, 0.5) is 23.7 Å². The zero-order valence-electron chi connectivity index (χ0n) is 10.8. The Balaban J connectivity index is 2.19. The van der Waals surface area contributed by atoms with E-state index in [-0.39, 0.29) is 11.3 Å². The molecule has 0 bridgehead atoms. The molecular weight excluding hydrogens is 285 g/mol. The highest BCUT2D eigenvalue weighted by atomic mass is 19.2. The number of hydrogen-bond acceptors (Lipinski definition) is 2. The Morgan fingerprint density at radius 3 is 2.67 bits per heavy atom. The van der Waals surface area contributed by atoms with Crippen LogP contribution in [0.3, 0.4) is 0 Å². The van der Waals surface area contributed by atoms with E-state index in [2.05, 4.69) is 10.2 Å². The Bertz CT molecular complexity index is 728. The molecule has 8 heteroatoms. The molecule has 0 saturated carbocycles. The van der Waals surface area contributed by atoms with Gasteiger partial charge in [-0.2, -0.15) is 5.10 Å². The number of H-pyrrole nitrogens is 1. The fourth-order valence-corrected chi connectivity index (χ4v) is 2.48. The monoisotopic (exact) mass is 296 g/mol. The van der Waals surface area contributed by atoms with E-state index in [1.807, 2.05) is 0 Å². The molecule has 21 heavy (non-hydrogen) atoms. The van der Waals surface area contributed by atoms with E-state index in [1.54, 1.807) is 0 Å². The van der Waals surface area contributed by atoms with Crippen LogP contribution in [0, 0.1) is 17.5 Å². The van der Waals surface area contributed by atoms with Crippen molar-refractivity contribution in [2.24, 2.45) is 5.73 Å². The lowest BCUT2D eigenvalue weighted by molar-refractivity contribution is 0.253. The maximum atomic E-state index is 13.9. The van der Waals surface area contributed by atoms with Gasteiger partial charge in [-0.15, -0.1) is 0 Å². The molecule has 1 aliphatic heterocycles. The quantitative estimate of drug-likeness (QED) is 0.792. The van der Waals surface area contributed by atoms with Crippen LogP contribution in [0.5, 0.6) is 0 Å². The first-order chi connectivity index (χ1) is 9.99. The summed E-state index contributed by atoms with van der Waals surface area (Å²) in [4.78, 5) is 12.7. The van der Waals surface area contributed by atoms with Gasteiger partial charge in [0.25, 0.3) is 0 Å². The summed E-state index contributed by atoms with van der Waals surface area (Å²) in [6.07, 6.45) is 1.29. The van der Waals surface area contributed by atoms with Gasteiger partial charge < -0.3 is 5.73 Å². The molecule has 3 N–H and O–H groups in total. The van der Waals surface area contributed by atoms with Gasteiger partial charge in [-0.05, 0) is 18.9 Å². The third-order valence-electron chi connectivity index (χ3n) is 3.42. The highest BCUT2D eigenvalue weighted by molar-refractivity contribution is 5.96. The van der Waals surface area contributed by atoms with Crippen molar-refractivity contribution in [3.05, 3.63) is 35.3 Å². The van der Waals surface area contributed by atoms with Gasteiger partial charge in [0.1, 0.15) is 11.5 Å². The fourth-order valence-electron chi connectivity index (χ4n) is 2.48. The standard InChI is InChI=1S/C13H11F3N4O/c14-7-5-9(16)8(15)4-6(7)11-12-10(18-19-11)2-1-3-20(12)13(17)21/h4-5H,1-3H2,(H2,17,21)(H,18,19). The maximum absolute atomic E-state index is 13.9. The molecule has 110 valence electrons. The molecule has 2 aromatic rings. The Morgan fingerprint density at radius 1 is 1.24 bits per heavy atom. The Labute approximate surface area is 117 Å². The largest absolute Gasteiger partial charge is 0.351 e. The average Bonchev–Trinajstić information content (AvgIpc) is 2.86. The summed E-state index contributed by atoms with van der Waals surface area (Å²) in [5.74, 6) is -3.44. The number of carbonyl (C=O) groups excluding carboxylic acids is 1. The topological polar surface area (TPSA) is 75.0 Å². The zero-order chi connectivity index (χ0) is 15.1. The predicted molar refractivity (Wildman–Crippen MR) is 69.1 cm³/mol. The van der Waals surface area contributed by atoms with Crippen molar-refractivity contribution in [2.45, 2.75) is 12.8 Å². The molecule has 0 fully saturated rings. The normalized spacial score (nSPS) is 14.1. The number of benzene rings is 1. The SMILES string of the molecule is NC(=O)N1CCCc2[nH]nc(-c3cc(F)c(F)cc3F)c21. The number of rotatable bonds is 1. The van der Waals surface area contributed by atoms with Gasteiger partial charge in [0.2, 0.25) is 0 Å². The van der Waals surface area contributed by atoms with Crippen molar-refractivity contribution in [3.63, 3.8) is 0 Å². The fraction of sp³-hybridized carbons (Fsp3) is 0.231. The molecule has 3 rings (SSSR count). The Kier molecular flexibility index (Phi) is 3.08. The van der Waals surface area contributed by atoms with Gasteiger partial charge in [0.05, 0.1) is 11.4 Å². The zero-order valence-corrected chi connectivity index (χ0v) is 10.8. The van der Waals surface area contributed by atoms with Crippen molar-refractivity contribution >= 4 is 11.7 Å². The summed E-state index contributed by atoms with van der Waals surface area (Å²) in [6, 6.07) is 0.458. The summed E-state index contributed by atoms with van der Waals surface area (Å²) < 4.78 is 40.3. The van der Waals surface area contributed by atoms with E-state index in [4.69, 9.17) is 5.73 Å². The summed E-state index contributed by atoms with van der Waals surface area (Å²) in [7, 11) is 0. The number of aryl methyl sites for hydroxylation is 1. The number of fused-ring (bicyclic) bond motifs is 1. The number of carbonyl (C=O) groups is 1. The molecule has 0 aliphatic carbocycles. The minimum atomic E-state index is -1.28. The molecule has 1 aromatic carbocycles.